The summed E-state index contributed by atoms with van der Waals surface area (Å²) in [6, 6.07) is 14.7. The van der Waals surface area contributed by atoms with Crippen LogP contribution in [0.2, 0.25) is 10.0 Å². The molecule has 0 aliphatic carbocycles. The third kappa shape index (κ3) is 12.4. The normalized spacial score (nSPS) is 14.9. The smallest absolute Gasteiger partial charge is 0.329 e. The van der Waals surface area contributed by atoms with Crippen LogP contribution in [-0.2, 0) is 10.3 Å². The van der Waals surface area contributed by atoms with E-state index in [1.807, 2.05) is 36.4 Å². The minimum Gasteiger partial charge on any atom is -0.494 e. The summed E-state index contributed by atoms with van der Waals surface area (Å²) in [7, 11) is 0. The van der Waals surface area contributed by atoms with Crippen molar-refractivity contribution in [1.82, 2.24) is 9.47 Å². The van der Waals surface area contributed by atoms with E-state index in [2.05, 4.69) is 16.7 Å². The van der Waals surface area contributed by atoms with Crippen molar-refractivity contribution >= 4 is 45.8 Å². The third-order valence-electron chi connectivity index (χ3n) is 10.6. The molecule has 1 atom stereocenters. The number of hydrogen-bond donors (Lipinski definition) is 1. The molecule has 1 fully saturated rings. The Morgan fingerprint density at radius 1 is 0.784 bits per heavy atom. The molecular formula is C42H61Cl2N3O4. The van der Waals surface area contributed by atoms with Gasteiger partial charge in [-0.2, -0.15) is 0 Å². The molecule has 282 valence electrons. The molecule has 51 heavy (non-hydrogen) atoms. The number of benzene rings is 2. The number of aromatic nitrogens is 1. The highest BCUT2D eigenvalue weighted by Gasteiger charge is 2.36. The molecular weight excluding hydrogens is 681 g/mol. The number of carboxylic acids is 1. The van der Waals surface area contributed by atoms with Crippen molar-refractivity contribution in [3.63, 3.8) is 0 Å². The molecule has 1 aliphatic rings. The van der Waals surface area contributed by atoms with Gasteiger partial charge in [-0.05, 0) is 68.4 Å². The molecule has 0 spiro atoms. The molecule has 3 aromatic rings. The Kier molecular flexibility index (Phi) is 17.5. The lowest BCUT2D eigenvalue weighted by Gasteiger charge is -2.36. The van der Waals surface area contributed by atoms with Gasteiger partial charge in [-0.3, -0.25) is 14.3 Å². The van der Waals surface area contributed by atoms with Crippen molar-refractivity contribution in [2.45, 2.75) is 129 Å². The van der Waals surface area contributed by atoms with E-state index >= 15 is 0 Å². The maximum absolute atomic E-state index is 13.3. The summed E-state index contributed by atoms with van der Waals surface area (Å²) in [5.41, 5.74) is -0.0360. The fourth-order valence-corrected chi connectivity index (χ4v) is 7.78. The van der Waals surface area contributed by atoms with Crippen LogP contribution >= 0.6 is 23.2 Å². The number of anilines is 1. The minimum absolute atomic E-state index is 0.298. The van der Waals surface area contributed by atoms with Crippen molar-refractivity contribution in [3.8, 4) is 5.75 Å². The third-order valence-corrected chi connectivity index (χ3v) is 11.4. The second-order valence-electron chi connectivity index (χ2n) is 14.6. The van der Waals surface area contributed by atoms with Gasteiger partial charge in [-0.25, -0.2) is 4.79 Å². The van der Waals surface area contributed by atoms with Crippen LogP contribution in [0.25, 0.3) is 10.9 Å². The van der Waals surface area contributed by atoms with Gasteiger partial charge in [0.2, 0.25) is 0 Å². The average molecular weight is 743 g/mol. The zero-order valence-electron chi connectivity index (χ0n) is 31.2. The number of piperazine rings is 1. The second kappa shape index (κ2) is 21.7. The number of hydrogen-bond acceptors (Lipinski definition) is 5. The number of halogens is 2. The lowest BCUT2D eigenvalue weighted by Crippen LogP contribution is -2.46. The van der Waals surface area contributed by atoms with E-state index in [1.54, 1.807) is 13.0 Å². The van der Waals surface area contributed by atoms with Crippen molar-refractivity contribution < 1.29 is 14.6 Å². The molecule has 1 aliphatic heterocycles. The van der Waals surface area contributed by atoms with Gasteiger partial charge < -0.3 is 14.7 Å². The van der Waals surface area contributed by atoms with Crippen LogP contribution in [0.3, 0.4) is 0 Å². The van der Waals surface area contributed by atoms with Gasteiger partial charge in [0, 0.05) is 38.3 Å². The van der Waals surface area contributed by atoms with Gasteiger partial charge in [0.05, 0.1) is 27.9 Å². The van der Waals surface area contributed by atoms with Gasteiger partial charge >= 0.3 is 5.97 Å². The number of carbonyl (C=O) groups is 1. The monoisotopic (exact) mass is 741 g/mol. The Bertz CT molecular complexity index is 1550. The van der Waals surface area contributed by atoms with Crippen LogP contribution in [0.15, 0.2) is 53.3 Å². The van der Waals surface area contributed by atoms with Crippen molar-refractivity contribution in [2.24, 2.45) is 0 Å². The zero-order chi connectivity index (χ0) is 36.5. The van der Waals surface area contributed by atoms with E-state index in [4.69, 9.17) is 27.9 Å². The lowest BCUT2D eigenvalue weighted by atomic mass is 9.92. The molecule has 1 unspecified atom stereocenters. The number of ether oxygens (including phenoxy) is 1. The summed E-state index contributed by atoms with van der Waals surface area (Å²) in [6.07, 6.45) is 19.7. The molecule has 1 N–H and O–H groups in total. The average Bonchev–Trinajstić information content (AvgIpc) is 3.12. The molecule has 0 saturated carbocycles. The number of pyridine rings is 1. The van der Waals surface area contributed by atoms with Gasteiger partial charge in [0.1, 0.15) is 11.3 Å². The summed E-state index contributed by atoms with van der Waals surface area (Å²) in [5.74, 6) is -0.326. The van der Waals surface area contributed by atoms with E-state index in [1.165, 1.54) is 81.3 Å². The first-order valence-electron chi connectivity index (χ1n) is 19.7. The number of fused-ring (bicyclic) bond motifs is 1. The standard InChI is InChI=1S/C42H61Cl2N3O4/c1-3-4-5-6-7-8-9-10-11-12-13-14-15-16-26-42(2,41(49)50)47-38-33-35(24-22-34(38)23-25-39(47)48)51-32-18-17-27-45-28-30-46(31-29-45)37-21-19-20-36(43)40(37)44/h19-25,33H,3-18,26-32H2,1-2H3,(H,49,50). The SMILES string of the molecule is CCCCCCCCCCCCCCCCC(C)(C(=O)O)n1c(=O)ccc2ccc(OCCCCN3CCN(c4cccc(Cl)c4Cl)CC3)cc21. The largest absolute Gasteiger partial charge is 0.494 e. The van der Waals surface area contributed by atoms with E-state index in [-0.39, 0.29) is 5.56 Å². The van der Waals surface area contributed by atoms with Crippen LogP contribution in [0.4, 0.5) is 5.69 Å². The highest BCUT2D eigenvalue weighted by Crippen LogP contribution is 2.33. The predicted molar refractivity (Wildman–Crippen MR) is 214 cm³/mol. The maximum Gasteiger partial charge on any atom is 0.329 e. The molecule has 7 nitrogen and oxygen atoms in total. The number of carboxylic acid groups (broad SMARTS) is 1. The Morgan fingerprint density at radius 3 is 2.02 bits per heavy atom. The van der Waals surface area contributed by atoms with Crippen LogP contribution in [0.1, 0.15) is 123 Å². The topological polar surface area (TPSA) is 75.0 Å². The molecule has 2 heterocycles. The summed E-state index contributed by atoms with van der Waals surface area (Å²) >= 11 is 12.7. The molecule has 0 amide bonds. The van der Waals surface area contributed by atoms with Crippen LogP contribution in [0, 0.1) is 0 Å². The minimum atomic E-state index is -1.34. The fraction of sp³-hybridized carbons (Fsp3) is 0.619. The van der Waals surface area contributed by atoms with Crippen molar-refractivity contribution in [3.05, 3.63) is 68.9 Å². The molecule has 9 heteroatoms. The second-order valence-corrected chi connectivity index (χ2v) is 15.4. The fourth-order valence-electron chi connectivity index (χ4n) is 7.37. The Labute approximate surface area is 316 Å². The van der Waals surface area contributed by atoms with E-state index in [0.29, 0.717) is 34.3 Å². The molecule has 0 radical (unpaired) electrons. The lowest BCUT2D eigenvalue weighted by molar-refractivity contribution is -0.147. The Balaban J connectivity index is 1.20. The first-order chi connectivity index (χ1) is 24.7. The predicted octanol–water partition coefficient (Wildman–Crippen LogP) is 11.0. The molecule has 2 aromatic carbocycles. The number of nitrogens with zero attached hydrogens (tertiary/aromatic N) is 3. The quantitative estimate of drug-likeness (QED) is 0.0921. The highest BCUT2D eigenvalue weighted by atomic mass is 35.5. The first kappa shape index (κ1) is 41.0. The Morgan fingerprint density at radius 2 is 1.39 bits per heavy atom. The number of aliphatic carboxylic acids is 1. The maximum atomic E-state index is 13.3. The summed E-state index contributed by atoms with van der Waals surface area (Å²) in [6.45, 7) is 9.24. The zero-order valence-corrected chi connectivity index (χ0v) is 32.7. The number of rotatable bonds is 24. The molecule has 1 saturated heterocycles. The Hall–Kier alpha value is -2.74. The molecule has 1 aromatic heterocycles. The van der Waals surface area contributed by atoms with Gasteiger partial charge in [0.25, 0.3) is 5.56 Å². The van der Waals surface area contributed by atoms with E-state index < -0.39 is 11.5 Å². The van der Waals surface area contributed by atoms with Crippen LogP contribution < -0.4 is 15.2 Å². The van der Waals surface area contributed by atoms with Gasteiger partial charge in [-0.15, -0.1) is 0 Å². The van der Waals surface area contributed by atoms with Gasteiger partial charge in [0.15, 0.2) is 0 Å². The molecule has 4 rings (SSSR count). The van der Waals surface area contributed by atoms with Crippen molar-refractivity contribution in [2.75, 3.05) is 44.2 Å². The molecule has 0 bridgehead atoms. The first-order valence-corrected chi connectivity index (χ1v) is 20.4. The summed E-state index contributed by atoms with van der Waals surface area (Å²) < 4.78 is 7.62. The summed E-state index contributed by atoms with van der Waals surface area (Å²) in [4.78, 5) is 30.8. The van der Waals surface area contributed by atoms with Crippen molar-refractivity contribution in [1.29, 1.82) is 0 Å². The van der Waals surface area contributed by atoms with E-state index in [0.717, 1.165) is 75.9 Å². The van der Waals surface area contributed by atoms with E-state index in [9.17, 15) is 14.7 Å². The highest BCUT2D eigenvalue weighted by molar-refractivity contribution is 6.43. The number of unbranched alkanes of at least 4 members (excludes halogenated alkanes) is 14. The van der Waals surface area contributed by atoms with Gasteiger partial charge in [-0.1, -0.05) is 126 Å². The summed E-state index contributed by atoms with van der Waals surface area (Å²) in [5, 5.41) is 12.5. The van der Waals surface area contributed by atoms with Crippen LogP contribution in [0.5, 0.6) is 5.75 Å². The van der Waals surface area contributed by atoms with Crippen LogP contribution in [-0.4, -0.2) is 59.9 Å².